The summed E-state index contributed by atoms with van der Waals surface area (Å²) in [6.07, 6.45) is 6.94. The molecular formula is C17H26N2S. The third-order valence-corrected chi connectivity index (χ3v) is 4.61. The summed E-state index contributed by atoms with van der Waals surface area (Å²) >= 11 is 1.82. The summed E-state index contributed by atoms with van der Waals surface area (Å²) in [6.45, 7) is 7.85. The van der Waals surface area contributed by atoms with Gasteiger partial charge in [0, 0.05) is 36.3 Å². The summed E-state index contributed by atoms with van der Waals surface area (Å²) in [5.41, 5.74) is 2.71. The van der Waals surface area contributed by atoms with E-state index >= 15 is 0 Å². The molecule has 1 aromatic carbocycles. The zero-order valence-corrected chi connectivity index (χ0v) is 13.7. The highest BCUT2D eigenvalue weighted by atomic mass is 32.2. The molecule has 1 aliphatic rings. The van der Waals surface area contributed by atoms with E-state index in [0.29, 0.717) is 6.04 Å². The van der Waals surface area contributed by atoms with Crippen molar-refractivity contribution < 1.29 is 0 Å². The van der Waals surface area contributed by atoms with Crippen molar-refractivity contribution in [3.63, 3.8) is 0 Å². The summed E-state index contributed by atoms with van der Waals surface area (Å²) in [5.74, 6) is 0. The third kappa shape index (κ3) is 4.57. The number of hydrogen-bond donors (Lipinski definition) is 1. The Balaban J connectivity index is 1.84. The number of nitrogens with one attached hydrogen (secondary N) is 1. The van der Waals surface area contributed by atoms with Gasteiger partial charge < -0.3 is 5.32 Å². The van der Waals surface area contributed by atoms with Gasteiger partial charge in [-0.15, -0.1) is 11.8 Å². The van der Waals surface area contributed by atoms with E-state index < -0.39 is 0 Å². The molecule has 1 N–H and O–H groups in total. The Hall–Kier alpha value is -0.930. The van der Waals surface area contributed by atoms with Gasteiger partial charge in [-0.05, 0) is 45.1 Å². The van der Waals surface area contributed by atoms with Gasteiger partial charge in [0.15, 0.2) is 0 Å². The molecule has 20 heavy (non-hydrogen) atoms. The van der Waals surface area contributed by atoms with Crippen LogP contribution in [0.4, 0.5) is 5.69 Å². The Morgan fingerprint density at radius 3 is 2.65 bits per heavy atom. The van der Waals surface area contributed by atoms with Crippen LogP contribution < -0.4 is 5.32 Å². The molecule has 0 amide bonds. The van der Waals surface area contributed by atoms with Gasteiger partial charge in [-0.1, -0.05) is 23.8 Å². The SMILES string of the molecule is CSc1ccccc1NC1CCN(CC=C(C)C)CC1. The molecule has 0 unspecified atom stereocenters. The maximum Gasteiger partial charge on any atom is 0.0480 e. The summed E-state index contributed by atoms with van der Waals surface area (Å²) in [5, 5.41) is 3.72. The molecule has 1 aromatic rings. The number of allylic oxidation sites excluding steroid dienone is 1. The van der Waals surface area contributed by atoms with E-state index in [2.05, 4.69) is 60.7 Å². The van der Waals surface area contributed by atoms with Crippen LogP contribution in [0.3, 0.4) is 0 Å². The first kappa shape index (κ1) is 15.5. The van der Waals surface area contributed by atoms with Crippen molar-refractivity contribution in [1.29, 1.82) is 0 Å². The van der Waals surface area contributed by atoms with Crippen LogP contribution in [0.15, 0.2) is 40.8 Å². The predicted molar refractivity (Wildman–Crippen MR) is 90.7 cm³/mol. The van der Waals surface area contributed by atoms with Gasteiger partial charge >= 0.3 is 0 Å². The monoisotopic (exact) mass is 290 g/mol. The fourth-order valence-corrected chi connectivity index (χ4v) is 3.12. The van der Waals surface area contributed by atoms with Crippen molar-refractivity contribution in [2.45, 2.75) is 37.6 Å². The fraction of sp³-hybridized carbons (Fsp3) is 0.529. The Morgan fingerprint density at radius 2 is 2.00 bits per heavy atom. The van der Waals surface area contributed by atoms with E-state index in [1.165, 1.54) is 42.1 Å². The Kier molecular flexibility index (Phi) is 5.99. The molecule has 0 aromatic heterocycles. The second kappa shape index (κ2) is 7.75. The quantitative estimate of drug-likeness (QED) is 0.644. The van der Waals surface area contributed by atoms with Gasteiger partial charge in [-0.2, -0.15) is 0 Å². The van der Waals surface area contributed by atoms with Crippen LogP contribution >= 0.6 is 11.8 Å². The van der Waals surface area contributed by atoms with Gasteiger partial charge in [-0.25, -0.2) is 0 Å². The maximum atomic E-state index is 3.72. The first-order valence-electron chi connectivity index (χ1n) is 7.44. The number of piperidine rings is 1. The second-order valence-electron chi connectivity index (χ2n) is 5.70. The highest BCUT2D eigenvalue weighted by molar-refractivity contribution is 7.98. The van der Waals surface area contributed by atoms with Crippen molar-refractivity contribution in [3.05, 3.63) is 35.9 Å². The first-order chi connectivity index (χ1) is 9.69. The summed E-state index contributed by atoms with van der Waals surface area (Å²) in [7, 11) is 0. The molecule has 0 atom stereocenters. The standard InChI is InChI=1S/C17H26N2S/c1-14(2)8-11-19-12-9-15(10-13-19)18-16-6-4-5-7-17(16)20-3/h4-8,15,18H,9-13H2,1-3H3. The number of benzene rings is 1. The average molecular weight is 290 g/mol. The summed E-state index contributed by atoms with van der Waals surface area (Å²) < 4.78 is 0. The number of rotatable bonds is 5. The number of anilines is 1. The highest BCUT2D eigenvalue weighted by Gasteiger charge is 2.18. The van der Waals surface area contributed by atoms with E-state index in [4.69, 9.17) is 0 Å². The van der Waals surface area contributed by atoms with Crippen molar-refractivity contribution in [3.8, 4) is 0 Å². The molecule has 0 spiro atoms. The molecule has 1 fully saturated rings. The Labute approximate surface area is 127 Å². The molecule has 2 rings (SSSR count). The Bertz CT molecular complexity index is 444. The molecule has 0 radical (unpaired) electrons. The number of likely N-dealkylation sites (tertiary alicyclic amines) is 1. The van der Waals surface area contributed by atoms with Crippen molar-refractivity contribution in [2.24, 2.45) is 0 Å². The molecule has 0 aliphatic carbocycles. The molecule has 1 heterocycles. The van der Waals surface area contributed by atoms with Crippen molar-refractivity contribution in [1.82, 2.24) is 4.90 Å². The van der Waals surface area contributed by atoms with E-state index in [1.54, 1.807) is 0 Å². The first-order valence-corrected chi connectivity index (χ1v) is 8.67. The average Bonchev–Trinajstić information content (AvgIpc) is 2.47. The van der Waals surface area contributed by atoms with Crippen molar-refractivity contribution >= 4 is 17.4 Å². The van der Waals surface area contributed by atoms with Crippen LogP contribution in [0.5, 0.6) is 0 Å². The van der Waals surface area contributed by atoms with Crippen molar-refractivity contribution in [2.75, 3.05) is 31.2 Å². The number of thioether (sulfide) groups is 1. The lowest BCUT2D eigenvalue weighted by Crippen LogP contribution is -2.39. The summed E-state index contributed by atoms with van der Waals surface area (Å²) in [6, 6.07) is 9.23. The molecule has 3 heteroatoms. The molecule has 0 saturated carbocycles. The summed E-state index contributed by atoms with van der Waals surface area (Å²) in [4.78, 5) is 3.89. The number of hydrogen-bond acceptors (Lipinski definition) is 3. The predicted octanol–water partition coefficient (Wildman–Crippen LogP) is 4.25. The lowest BCUT2D eigenvalue weighted by molar-refractivity contribution is 0.239. The molecule has 110 valence electrons. The maximum absolute atomic E-state index is 3.72. The van der Waals surface area contributed by atoms with E-state index in [1.807, 2.05) is 11.8 Å². The lowest BCUT2D eigenvalue weighted by Gasteiger charge is -2.32. The molecule has 1 aliphatic heterocycles. The fourth-order valence-electron chi connectivity index (χ4n) is 2.56. The van der Waals surface area contributed by atoms with Gasteiger partial charge in [-0.3, -0.25) is 4.90 Å². The van der Waals surface area contributed by atoms with Crippen LogP contribution in [-0.4, -0.2) is 36.8 Å². The Morgan fingerprint density at radius 1 is 1.30 bits per heavy atom. The van der Waals surface area contributed by atoms with Gasteiger partial charge in [0.2, 0.25) is 0 Å². The van der Waals surface area contributed by atoms with Crippen LogP contribution in [-0.2, 0) is 0 Å². The zero-order valence-electron chi connectivity index (χ0n) is 12.9. The van der Waals surface area contributed by atoms with Crippen LogP contribution in [0.25, 0.3) is 0 Å². The molecule has 0 bridgehead atoms. The lowest BCUT2D eigenvalue weighted by atomic mass is 10.0. The molecule has 2 nitrogen and oxygen atoms in total. The minimum absolute atomic E-state index is 0.617. The van der Waals surface area contributed by atoms with E-state index in [9.17, 15) is 0 Å². The van der Waals surface area contributed by atoms with Gasteiger partial charge in [0.05, 0.1) is 0 Å². The van der Waals surface area contributed by atoms with E-state index in [-0.39, 0.29) is 0 Å². The zero-order chi connectivity index (χ0) is 14.4. The van der Waals surface area contributed by atoms with Gasteiger partial charge in [0.1, 0.15) is 0 Å². The highest BCUT2D eigenvalue weighted by Crippen LogP contribution is 2.26. The van der Waals surface area contributed by atoms with Gasteiger partial charge in [0.25, 0.3) is 0 Å². The van der Waals surface area contributed by atoms with Crippen LogP contribution in [0, 0.1) is 0 Å². The number of para-hydroxylation sites is 1. The largest absolute Gasteiger partial charge is 0.381 e. The van der Waals surface area contributed by atoms with Crippen LogP contribution in [0.2, 0.25) is 0 Å². The second-order valence-corrected chi connectivity index (χ2v) is 6.55. The third-order valence-electron chi connectivity index (χ3n) is 3.81. The smallest absolute Gasteiger partial charge is 0.0480 e. The topological polar surface area (TPSA) is 15.3 Å². The normalized spacial score (nSPS) is 16.9. The van der Waals surface area contributed by atoms with E-state index in [0.717, 1.165) is 6.54 Å². The minimum atomic E-state index is 0.617. The molecule has 1 saturated heterocycles. The minimum Gasteiger partial charge on any atom is -0.381 e. The van der Waals surface area contributed by atoms with Crippen LogP contribution in [0.1, 0.15) is 26.7 Å². The number of nitrogens with zero attached hydrogens (tertiary/aromatic N) is 1. The molecular weight excluding hydrogens is 264 g/mol.